The van der Waals surface area contributed by atoms with Crippen LogP contribution in [-0.2, 0) is 6.54 Å². The minimum Gasteiger partial charge on any atom is -0.369 e. The number of rotatable bonds is 2. The summed E-state index contributed by atoms with van der Waals surface area (Å²) in [6, 6.07) is 14.1. The first-order chi connectivity index (χ1) is 12.6. The van der Waals surface area contributed by atoms with Crippen LogP contribution in [-0.4, -0.2) is 56.6 Å². The second kappa shape index (κ2) is 7.37. The summed E-state index contributed by atoms with van der Waals surface area (Å²) in [5.74, 6) is 0.128. The number of benzene rings is 2. The molecule has 0 aliphatic carbocycles. The molecule has 26 heavy (non-hydrogen) atoms. The van der Waals surface area contributed by atoms with Gasteiger partial charge in [-0.1, -0.05) is 18.2 Å². The molecule has 2 heterocycles. The van der Waals surface area contributed by atoms with Crippen molar-refractivity contribution in [1.29, 1.82) is 0 Å². The van der Waals surface area contributed by atoms with E-state index < -0.39 is 0 Å². The maximum absolute atomic E-state index is 13.8. The number of fused-ring (bicyclic) bond motifs is 1. The van der Waals surface area contributed by atoms with E-state index in [9.17, 15) is 4.39 Å². The molecular weight excluding hydrogens is 325 g/mol. The van der Waals surface area contributed by atoms with E-state index >= 15 is 0 Å². The first kappa shape index (κ1) is 17.5. The molecule has 0 amide bonds. The molecule has 1 saturated heterocycles. The third kappa shape index (κ3) is 3.62. The van der Waals surface area contributed by atoms with Crippen LogP contribution in [0, 0.1) is 5.82 Å². The average molecular weight is 353 g/mol. The predicted molar refractivity (Wildman–Crippen MR) is 105 cm³/mol. The van der Waals surface area contributed by atoms with Gasteiger partial charge in [-0.15, -0.1) is 0 Å². The van der Waals surface area contributed by atoms with Crippen LogP contribution in [0.4, 0.5) is 10.1 Å². The van der Waals surface area contributed by atoms with Crippen molar-refractivity contribution in [2.45, 2.75) is 18.9 Å². The second-order valence-corrected chi connectivity index (χ2v) is 7.81. The predicted octanol–water partition coefficient (Wildman–Crippen LogP) is 3.54. The molecule has 0 N–H and O–H groups in total. The highest BCUT2D eigenvalue weighted by atomic mass is 19.1. The van der Waals surface area contributed by atoms with Gasteiger partial charge in [0.1, 0.15) is 5.82 Å². The molecule has 0 spiro atoms. The molecule has 4 rings (SSSR count). The van der Waals surface area contributed by atoms with E-state index in [2.05, 4.69) is 53.1 Å². The minimum absolute atomic E-state index is 0.143. The molecule has 138 valence electrons. The normalized spacial score (nSPS) is 22.1. The minimum atomic E-state index is -0.143. The van der Waals surface area contributed by atoms with Gasteiger partial charge >= 0.3 is 0 Å². The zero-order chi connectivity index (χ0) is 18.1. The van der Waals surface area contributed by atoms with E-state index in [1.165, 1.54) is 22.9 Å². The smallest absolute Gasteiger partial charge is 0.123 e. The lowest BCUT2D eigenvalue weighted by atomic mass is 9.86. The number of hydrogen-bond acceptors (Lipinski definition) is 3. The van der Waals surface area contributed by atoms with Gasteiger partial charge in [0, 0.05) is 44.3 Å². The molecule has 2 aliphatic heterocycles. The summed E-state index contributed by atoms with van der Waals surface area (Å²) in [5.41, 5.74) is 5.16. The Morgan fingerprint density at radius 1 is 0.885 bits per heavy atom. The Hall–Kier alpha value is -1.91. The molecule has 0 aromatic heterocycles. The van der Waals surface area contributed by atoms with Gasteiger partial charge in [0.15, 0.2) is 0 Å². The highest BCUT2D eigenvalue weighted by Gasteiger charge is 2.24. The van der Waals surface area contributed by atoms with Crippen LogP contribution in [0.5, 0.6) is 0 Å². The van der Waals surface area contributed by atoms with Crippen molar-refractivity contribution in [1.82, 2.24) is 9.80 Å². The van der Waals surface area contributed by atoms with E-state index in [1.807, 2.05) is 6.07 Å². The van der Waals surface area contributed by atoms with Gasteiger partial charge in [0.2, 0.25) is 0 Å². The third-order valence-corrected chi connectivity index (χ3v) is 5.86. The Bertz CT molecular complexity index is 768. The lowest BCUT2D eigenvalue weighted by molar-refractivity contribution is 0.312. The van der Waals surface area contributed by atoms with Gasteiger partial charge in [-0.2, -0.15) is 0 Å². The lowest BCUT2D eigenvalue weighted by Crippen LogP contribution is -2.44. The Kier molecular flexibility index (Phi) is 4.96. The molecular formula is C22H28FN3. The third-order valence-electron chi connectivity index (χ3n) is 5.86. The summed E-state index contributed by atoms with van der Waals surface area (Å²) in [5, 5.41) is 0. The molecule has 3 nitrogen and oxygen atoms in total. The van der Waals surface area contributed by atoms with Crippen LogP contribution in [0.25, 0.3) is 0 Å². The highest BCUT2D eigenvalue weighted by Crippen LogP contribution is 2.36. The van der Waals surface area contributed by atoms with Gasteiger partial charge in [0.25, 0.3) is 0 Å². The van der Waals surface area contributed by atoms with Crippen molar-refractivity contribution in [2.75, 3.05) is 51.7 Å². The Morgan fingerprint density at radius 3 is 2.46 bits per heavy atom. The van der Waals surface area contributed by atoms with E-state index in [4.69, 9.17) is 0 Å². The van der Waals surface area contributed by atoms with Gasteiger partial charge in [-0.3, -0.25) is 0 Å². The van der Waals surface area contributed by atoms with Crippen LogP contribution in [0.15, 0.2) is 42.5 Å². The molecule has 1 unspecified atom stereocenters. The molecule has 2 aromatic rings. The summed E-state index contributed by atoms with van der Waals surface area (Å²) in [6.07, 6.45) is 1.03. The maximum Gasteiger partial charge on any atom is 0.123 e. The van der Waals surface area contributed by atoms with Gasteiger partial charge < -0.3 is 14.7 Å². The number of anilines is 1. The van der Waals surface area contributed by atoms with Crippen molar-refractivity contribution in [3.05, 3.63) is 65.0 Å². The van der Waals surface area contributed by atoms with E-state index in [0.717, 1.165) is 51.3 Å². The first-order valence-electron chi connectivity index (χ1n) is 9.60. The quantitative estimate of drug-likeness (QED) is 0.818. The number of hydrogen-bond donors (Lipinski definition) is 0. The van der Waals surface area contributed by atoms with Crippen LogP contribution >= 0.6 is 0 Å². The molecule has 1 atom stereocenters. The summed E-state index contributed by atoms with van der Waals surface area (Å²) >= 11 is 0. The molecule has 0 radical (unpaired) electrons. The van der Waals surface area contributed by atoms with Gasteiger partial charge in [-0.05, 0) is 68.0 Å². The largest absolute Gasteiger partial charge is 0.369 e. The maximum atomic E-state index is 13.8. The monoisotopic (exact) mass is 353 g/mol. The summed E-state index contributed by atoms with van der Waals surface area (Å²) in [4.78, 5) is 7.25. The number of nitrogens with zero attached hydrogens (tertiary/aromatic N) is 3. The van der Waals surface area contributed by atoms with E-state index in [1.54, 1.807) is 6.07 Å². The van der Waals surface area contributed by atoms with Crippen molar-refractivity contribution >= 4 is 5.69 Å². The Labute approximate surface area is 156 Å². The molecule has 1 fully saturated rings. The average Bonchev–Trinajstić information content (AvgIpc) is 2.80. The Balaban J connectivity index is 1.68. The van der Waals surface area contributed by atoms with Gasteiger partial charge in [0.05, 0.1) is 0 Å². The van der Waals surface area contributed by atoms with Crippen molar-refractivity contribution < 1.29 is 4.39 Å². The van der Waals surface area contributed by atoms with E-state index in [-0.39, 0.29) is 11.7 Å². The van der Waals surface area contributed by atoms with Crippen LogP contribution in [0.1, 0.15) is 29.0 Å². The van der Waals surface area contributed by atoms with Crippen LogP contribution < -0.4 is 4.90 Å². The molecule has 0 saturated carbocycles. The van der Waals surface area contributed by atoms with Gasteiger partial charge in [-0.25, -0.2) is 4.39 Å². The molecule has 2 aliphatic rings. The standard InChI is InChI=1S/C22H28FN3/c1-24-10-12-26(13-11-24)20-6-7-21-18(15-20)16-25(2)9-8-22(21)17-4-3-5-19(23)14-17/h3-7,14-15,22H,8-13,16H2,1-2H3. The fourth-order valence-electron chi connectivity index (χ4n) is 4.27. The number of likely N-dealkylation sites (N-methyl/N-ethyl adjacent to an activating group) is 1. The fraction of sp³-hybridized carbons (Fsp3) is 0.455. The van der Waals surface area contributed by atoms with Crippen molar-refractivity contribution in [2.24, 2.45) is 0 Å². The number of piperazine rings is 1. The van der Waals surface area contributed by atoms with Crippen molar-refractivity contribution in [3.63, 3.8) is 0 Å². The van der Waals surface area contributed by atoms with Crippen LogP contribution in [0.3, 0.4) is 0 Å². The second-order valence-electron chi connectivity index (χ2n) is 7.81. The first-order valence-corrected chi connectivity index (χ1v) is 9.60. The molecule has 4 heteroatoms. The lowest BCUT2D eigenvalue weighted by Gasteiger charge is -2.34. The van der Waals surface area contributed by atoms with E-state index in [0.29, 0.717) is 0 Å². The van der Waals surface area contributed by atoms with Crippen molar-refractivity contribution in [3.8, 4) is 0 Å². The summed E-state index contributed by atoms with van der Waals surface area (Å²) in [7, 11) is 4.37. The van der Waals surface area contributed by atoms with Crippen LogP contribution in [0.2, 0.25) is 0 Å². The Morgan fingerprint density at radius 2 is 1.69 bits per heavy atom. The fourth-order valence-corrected chi connectivity index (χ4v) is 4.27. The zero-order valence-corrected chi connectivity index (χ0v) is 15.8. The highest BCUT2D eigenvalue weighted by molar-refractivity contribution is 5.54. The SMILES string of the molecule is CN1CCN(c2ccc3c(c2)CN(C)CCC3c2cccc(F)c2)CC1. The molecule has 2 aromatic carbocycles. The summed E-state index contributed by atoms with van der Waals surface area (Å²) < 4.78 is 13.8. The molecule has 0 bridgehead atoms. The number of halogens is 1. The topological polar surface area (TPSA) is 9.72 Å². The zero-order valence-electron chi connectivity index (χ0n) is 15.8. The summed E-state index contributed by atoms with van der Waals surface area (Å²) in [6.45, 7) is 6.38.